The van der Waals surface area contributed by atoms with Gasteiger partial charge in [-0.05, 0) is 121 Å². The summed E-state index contributed by atoms with van der Waals surface area (Å²) in [5, 5.41) is 1.32. The first-order valence-corrected chi connectivity index (χ1v) is 17.6. The van der Waals surface area contributed by atoms with Gasteiger partial charge in [-0.15, -0.1) is 0 Å². The first kappa shape index (κ1) is 29.6. The smallest absolute Gasteiger partial charge is 0.268 e. The Morgan fingerprint density at radius 3 is 2.28 bits per heavy atom. The molecule has 0 saturated heterocycles. The zero-order valence-corrected chi connectivity index (χ0v) is 28.0. The van der Waals surface area contributed by atoms with Crippen molar-refractivity contribution in [3.8, 4) is 16.8 Å². The summed E-state index contributed by atoms with van der Waals surface area (Å²) in [6.45, 7) is 7.09. The molecule has 232 valence electrons. The first-order chi connectivity index (χ1) is 23.2. The number of aromatic nitrogens is 1. The minimum absolute atomic E-state index is 0.0667. The van der Waals surface area contributed by atoms with Gasteiger partial charge in [0.15, 0.2) is 0 Å². The van der Waals surface area contributed by atoms with Crippen LogP contribution in [0.15, 0.2) is 127 Å². The highest BCUT2D eigenvalue weighted by Gasteiger charge is 2.40. The second-order valence-electron chi connectivity index (χ2n) is 13.4. The van der Waals surface area contributed by atoms with Crippen LogP contribution in [0.3, 0.4) is 0 Å². The van der Waals surface area contributed by atoms with E-state index in [1.54, 1.807) is 0 Å². The lowest BCUT2D eigenvalue weighted by atomic mass is 9.35. The second-order valence-corrected chi connectivity index (χ2v) is 13.4. The number of anilines is 2. The fourth-order valence-corrected chi connectivity index (χ4v) is 8.39. The fourth-order valence-electron chi connectivity index (χ4n) is 8.39. The maximum atomic E-state index is 2.62. The fraction of sp³-hybridized carbons (Fsp3) is 0.227. The zero-order chi connectivity index (χ0) is 31.9. The van der Waals surface area contributed by atoms with Gasteiger partial charge in [0.1, 0.15) is 0 Å². The number of aryl methyl sites for hydroxylation is 2. The number of benzene rings is 5. The number of rotatable bonds is 7. The van der Waals surface area contributed by atoms with Gasteiger partial charge in [0.2, 0.25) is 0 Å². The number of hydrogen-bond acceptors (Lipinski definition) is 1. The highest BCUT2D eigenvalue weighted by Crippen LogP contribution is 2.39. The predicted molar refractivity (Wildman–Crippen MR) is 203 cm³/mol. The molecule has 0 amide bonds. The SMILES string of the molecule is CCCCc1ccccc1-c1ccc2c(c1C)B(c1c(C)c3ccccc3n1-c1ccccc1)c1ccccc1N2C1=CCCCC1. The number of unbranched alkanes of at least 4 members (excludes halogenated alkanes) is 1. The molecule has 1 aliphatic carbocycles. The van der Waals surface area contributed by atoms with Gasteiger partial charge in [0.25, 0.3) is 6.71 Å². The number of para-hydroxylation sites is 3. The summed E-state index contributed by atoms with van der Waals surface area (Å²) in [5.74, 6) is 0. The summed E-state index contributed by atoms with van der Waals surface area (Å²) in [7, 11) is 0. The van der Waals surface area contributed by atoms with E-state index in [1.165, 1.54) is 104 Å². The Balaban J connectivity index is 1.47. The molecular weight excluding hydrogens is 567 g/mol. The Bertz CT molecular complexity index is 2120. The van der Waals surface area contributed by atoms with E-state index in [2.05, 4.69) is 152 Å². The lowest BCUT2D eigenvalue weighted by molar-refractivity contribution is 0.691. The quantitative estimate of drug-likeness (QED) is 0.163. The van der Waals surface area contributed by atoms with Crippen molar-refractivity contribution in [2.45, 2.75) is 65.7 Å². The molecule has 0 saturated carbocycles. The van der Waals surface area contributed by atoms with Crippen molar-refractivity contribution in [2.75, 3.05) is 4.90 Å². The van der Waals surface area contributed by atoms with Gasteiger partial charge in [-0.1, -0.05) is 104 Å². The molecule has 2 nitrogen and oxygen atoms in total. The van der Waals surface area contributed by atoms with E-state index >= 15 is 0 Å². The molecule has 1 aromatic heterocycles. The molecule has 6 aromatic rings. The first-order valence-electron chi connectivity index (χ1n) is 17.6. The Kier molecular flexibility index (Phi) is 7.85. The topological polar surface area (TPSA) is 8.17 Å². The molecule has 8 rings (SSSR count). The van der Waals surface area contributed by atoms with E-state index in [1.807, 2.05) is 0 Å². The lowest BCUT2D eigenvalue weighted by Crippen LogP contribution is -2.61. The van der Waals surface area contributed by atoms with E-state index in [9.17, 15) is 0 Å². The Morgan fingerprint density at radius 1 is 0.681 bits per heavy atom. The third kappa shape index (κ3) is 4.95. The largest absolute Gasteiger partial charge is 0.321 e. The van der Waals surface area contributed by atoms with Crippen molar-refractivity contribution in [3.05, 3.63) is 144 Å². The van der Waals surface area contributed by atoms with Crippen LogP contribution in [0, 0.1) is 13.8 Å². The average Bonchev–Trinajstić information content (AvgIpc) is 3.42. The maximum absolute atomic E-state index is 2.62. The van der Waals surface area contributed by atoms with Crippen molar-refractivity contribution < 1.29 is 0 Å². The molecule has 3 heteroatoms. The Labute approximate surface area is 280 Å². The molecule has 1 aliphatic heterocycles. The molecule has 2 heterocycles. The summed E-state index contributed by atoms with van der Waals surface area (Å²) in [5.41, 5.74) is 17.7. The van der Waals surface area contributed by atoms with Gasteiger partial charge in [-0.2, -0.15) is 0 Å². The van der Waals surface area contributed by atoms with Crippen molar-refractivity contribution in [2.24, 2.45) is 0 Å². The number of nitrogens with zero attached hydrogens (tertiary/aromatic N) is 2. The van der Waals surface area contributed by atoms with Crippen LogP contribution in [0.1, 0.15) is 62.1 Å². The molecule has 0 bridgehead atoms. The van der Waals surface area contributed by atoms with Crippen molar-refractivity contribution in [1.82, 2.24) is 4.57 Å². The number of allylic oxidation sites excluding steroid dienone is 2. The molecule has 0 unspecified atom stereocenters. The van der Waals surface area contributed by atoms with Crippen LogP contribution in [-0.4, -0.2) is 11.3 Å². The van der Waals surface area contributed by atoms with Crippen LogP contribution in [0.25, 0.3) is 27.7 Å². The van der Waals surface area contributed by atoms with Crippen LogP contribution in [0.2, 0.25) is 0 Å². The van der Waals surface area contributed by atoms with Gasteiger partial charge in [0.05, 0.1) is 5.52 Å². The van der Waals surface area contributed by atoms with Gasteiger partial charge >= 0.3 is 0 Å². The summed E-state index contributed by atoms with van der Waals surface area (Å²) >= 11 is 0. The van der Waals surface area contributed by atoms with E-state index < -0.39 is 0 Å². The van der Waals surface area contributed by atoms with E-state index in [0.29, 0.717) is 0 Å². The van der Waals surface area contributed by atoms with Crippen LogP contribution in [0.4, 0.5) is 11.4 Å². The Hall–Kier alpha value is -4.76. The van der Waals surface area contributed by atoms with Crippen LogP contribution >= 0.6 is 0 Å². The summed E-state index contributed by atoms with van der Waals surface area (Å²) in [6.07, 6.45) is 10.8. The van der Waals surface area contributed by atoms with Gasteiger partial charge in [-0.3, -0.25) is 0 Å². The maximum Gasteiger partial charge on any atom is 0.268 e. The highest BCUT2D eigenvalue weighted by atomic mass is 15.2. The van der Waals surface area contributed by atoms with Crippen LogP contribution in [0.5, 0.6) is 0 Å². The minimum atomic E-state index is 0.0667. The zero-order valence-electron chi connectivity index (χ0n) is 28.0. The average molecular weight is 611 g/mol. The molecule has 0 N–H and O–H groups in total. The standard InChI is InChI=1S/C44H43BN2/c1-4-5-18-33-19-12-13-25-38(33)36-29-30-42-43(31(36)2)45(39-26-15-17-28-41(39)46(42)34-20-8-6-9-21-34)44-32(3)37-24-14-16-27-40(37)47(44)35-22-10-7-11-23-35/h7,10-17,19-20,22-30H,4-6,8-9,18,21H2,1-3H3. The minimum Gasteiger partial charge on any atom is -0.321 e. The van der Waals surface area contributed by atoms with Gasteiger partial charge in [0, 0.05) is 33.7 Å². The third-order valence-electron chi connectivity index (χ3n) is 10.6. The van der Waals surface area contributed by atoms with Gasteiger partial charge < -0.3 is 9.47 Å². The summed E-state index contributed by atoms with van der Waals surface area (Å²) < 4.78 is 2.55. The summed E-state index contributed by atoms with van der Waals surface area (Å²) in [4.78, 5) is 2.62. The van der Waals surface area contributed by atoms with Crippen molar-refractivity contribution in [1.29, 1.82) is 0 Å². The number of fused-ring (bicyclic) bond motifs is 3. The molecular formula is C44H43BN2. The second kappa shape index (κ2) is 12.5. The van der Waals surface area contributed by atoms with Crippen LogP contribution < -0.4 is 21.4 Å². The molecule has 0 spiro atoms. The molecule has 2 aliphatic rings. The van der Waals surface area contributed by atoms with E-state index in [-0.39, 0.29) is 6.71 Å². The number of hydrogen-bond donors (Lipinski definition) is 0. The highest BCUT2D eigenvalue weighted by molar-refractivity contribution is 6.98. The molecule has 47 heavy (non-hydrogen) atoms. The lowest BCUT2D eigenvalue weighted by Gasteiger charge is -2.40. The van der Waals surface area contributed by atoms with E-state index in [0.717, 1.165) is 19.3 Å². The summed E-state index contributed by atoms with van der Waals surface area (Å²) in [6, 6.07) is 43.1. The van der Waals surface area contributed by atoms with Crippen molar-refractivity contribution in [3.63, 3.8) is 0 Å². The molecule has 0 fully saturated rings. The van der Waals surface area contributed by atoms with Crippen molar-refractivity contribution >= 4 is 45.5 Å². The molecule has 0 radical (unpaired) electrons. The Morgan fingerprint density at radius 2 is 1.45 bits per heavy atom. The monoisotopic (exact) mass is 610 g/mol. The predicted octanol–water partition coefficient (Wildman–Crippen LogP) is 9.68. The normalized spacial score (nSPS) is 14.2. The molecule has 5 aromatic carbocycles. The van der Waals surface area contributed by atoms with Crippen LogP contribution in [-0.2, 0) is 6.42 Å². The van der Waals surface area contributed by atoms with Gasteiger partial charge in [-0.25, -0.2) is 0 Å². The van der Waals surface area contributed by atoms with E-state index in [4.69, 9.17) is 0 Å². The molecule has 0 atom stereocenters. The third-order valence-corrected chi connectivity index (χ3v) is 10.6.